The van der Waals surface area contributed by atoms with Crippen molar-refractivity contribution in [3.8, 4) is 5.75 Å². The van der Waals surface area contributed by atoms with Crippen LogP contribution in [-0.4, -0.2) is 31.5 Å². The molecule has 0 spiro atoms. The van der Waals surface area contributed by atoms with Crippen LogP contribution in [0.4, 0.5) is 4.39 Å². The topological polar surface area (TPSA) is 67.4 Å². The minimum Gasteiger partial charge on any atom is -0.492 e. The van der Waals surface area contributed by atoms with Crippen LogP contribution in [0, 0.1) is 12.7 Å². The van der Waals surface area contributed by atoms with Crippen LogP contribution in [0.15, 0.2) is 48.5 Å². The van der Waals surface area contributed by atoms with Crippen molar-refractivity contribution in [3.05, 3.63) is 65.5 Å². The molecule has 5 nitrogen and oxygen atoms in total. The molecule has 0 aliphatic heterocycles. The first-order valence-electron chi connectivity index (χ1n) is 7.54. The number of amides is 2. The Morgan fingerprint density at radius 2 is 1.67 bits per heavy atom. The summed E-state index contributed by atoms with van der Waals surface area (Å²) in [6, 6.07) is 12.7. The lowest BCUT2D eigenvalue weighted by atomic mass is 10.2. The zero-order valence-electron chi connectivity index (χ0n) is 13.3. The Morgan fingerprint density at radius 1 is 1.00 bits per heavy atom. The van der Waals surface area contributed by atoms with Gasteiger partial charge in [0.1, 0.15) is 18.2 Å². The number of halogens is 1. The van der Waals surface area contributed by atoms with Crippen LogP contribution in [0.25, 0.3) is 0 Å². The van der Waals surface area contributed by atoms with Crippen molar-refractivity contribution >= 4 is 11.8 Å². The summed E-state index contributed by atoms with van der Waals surface area (Å²) in [5.74, 6) is -0.434. The predicted molar refractivity (Wildman–Crippen MR) is 88.4 cm³/mol. The first-order chi connectivity index (χ1) is 11.5. The molecule has 2 rings (SSSR count). The molecular weight excluding hydrogens is 311 g/mol. The molecule has 0 aromatic heterocycles. The van der Waals surface area contributed by atoms with Gasteiger partial charge < -0.3 is 15.4 Å². The number of carbonyl (C=O) groups is 2. The van der Waals surface area contributed by atoms with E-state index < -0.39 is 11.7 Å². The Balaban J connectivity index is 1.63. The van der Waals surface area contributed by atoms with Crippen LogP contribution in [0.1, 0.15) is 15.9 Å². The fourth-order valence-corrected chi connectivity index (χ4v) is 1.92. The van der Waals surface area contributed by atoms with Gasteiger partial charge in [-0.05, 0) is 43.3 Å². The van der Waals surface area contributed by atoms with E-state index >= 15 is 0 Å². The first-order valence-corrected chi connectivity index (χ1v) is 7.54. The molecule has 2 amide bonds. The van der Waals surface area contributed by atoms with E-state index in [1.165, 1.54) is 24.3 Å². The predicted octanol–water partition coefficient (Wildman–Crippen LogP) is 2.06. The van der Waals surface area contributed by atoms with Gasteiger partial charge in [0.05, 0.1) is 13.1 Å². The summed E-state index contributed by atoms with van der Waals surface area (Å²) in [5, 5.41) is 5.11. The van der Waals surface area contributed by atoms with Crippen LogP contribution in [0.2, 0.25) is 0 Å². The number of nitrogens with one attached hydrogen (secondary N) is 2. The molecule has 0 atom stereocenters. The molecule has 0 heterocycles. The monoisotopic (exact) mass is 330 g/mol. The molecule has 0 unspecified atom stereocenters. The van der Waals surface area contributed by atoms with Gasteiger partial charge in [0, 0.05) is 5.56 Å². The van der Waals surface area contributed by atoms with E-state index in [9.17, 15) is 14.0 Å². The van der Waals surface area contributed by atoms with E-state index in [4.69, 9.17) is 4.74 Å². The lowest BCUT2D eigenvalue weighted by Gasteiger charge is -2.09. The van der Waals surface area contributed by atoms with Gasteiger partial charge in [-0.2, -0.15) is 0 Å². The molecule has 2 aromatic carbocycles. The van der Waals surface area contributed by atoms with Gasteiger partial charge in [-0.1, -0.05) is 17.7 Å². The van der Waals surface area contributed by atoms with Crippen molar-refractivity contribution < 1.29 is 18.7 Å². The number of aryl methyl sites for hydroxylation is 1. The molecule has 0 saturated heterocycles. The average Bonchev–Trinajstić information content (AvgIpc) is 2.59. The number of carbonyl (C=O) groups excluding carboxylic acids is 2. The molecule has 2 aromatic rings. The van der Waals surface area contributed by atoms with E-state index in [2.05, 4.69) is 10.6 Å². The Labute approximate surface area is 139 Å². The number of hydrogen-bond acceptors (Lipinski definition) is 3. The second-order valence-corrected chi connectivity index (χ2v) is 5.20. The van der Waals surface area contributed by atoms with E-state index in [0.717, 1.165) is 11.3 Å². The van der Waals surface area contributed by atoms with E-state index in [1.54, 1.807) is 0 Å². The third-order valence-corrected chi connectivity index (χ3v) is 3.23. The van der Waals surface area contributed by atoms with Crippen molar-refractivity contribution in [1.29, 1.82) is 0 Å². The van der Waals surface area contributed by atoms with Crippen LogP contribution >= 0.6 is 0 Å². The normalized spacial score (nSPS) is 10.1. The summed E-state index contributed by atoms with van der Waals surface area (Å²) < 4.78 is 18.3. The zero-order valence-corrected chi connectivity index (χ0v) is 13.3. The maximum atomic E-state index is 12.8. The van der Waals surface area contributed by atoms with Crippen molar-refractivity contribution in [3.63, 3.8) is 0 Å². The van der Waals surface area contributed by atoms with E-state index in [0.29, 0.717) is 18.7 Å². The first kappa shape index (κ1) is 17.5. The molecule has 2 N–H and O–H groups in total. The molecule has 0 fully saturated rings. The van der Waals surface area contributed by atoms with Gasteiger partial charge >= 0.3 is 0 Å². The van der Waals surface area contributed by atoms with Crippen LogP contribution in [0.3, 0.4) is 0 Å². The van der Waals surface area contributed by atoms with Crippen LogP contribution < -0.4 is 15.4 Å². The second-order valence-electron chi connectivity index (χ2n) is 5.20. The Morgan fingerprint density at radius 3 is 2.33 bits per heavy atom. The Hall–Kier alpha value is -2.89. The number of ether oxygens (including phenoxy) is 1. The summed E-state index contributed by atoms with van der Waals surface area (Å²) in [6.07, 6.45) is 0. The summed E-state index contributed by atoms with van der Waals surface area (Å²) in [6.45, 7) is 2.50. The fourth-order valence-electron chi connectivity index (χ4n) is 1.92. The highest BCUT2D eigenvalue weighted by Gasteiger charge is 2.07. The van der Waals surface area contributed by atoms with Crippen LogP contribution in [-0.2, 0) is 4.79 Å². The minimum absolute atomic E-state index is 0.152. The molecular formula is C18H19FN2O3. The standard InChI is InChI=1S/C18H19FN2O3/c1-13-2-8-16(9-3-13)24-11-10-20-17(22)12-21-18(23)14-4-6-15(19)7-5-14/h2-9H,10-12H2,1H3,(H,20,22)(H,21,23). The van der Waals surface area contributed by atoms with E-state index in [1.807, 2.05) is 31.2 Å². The molecule has 6 heteroatoms. The van der Waals surface area contributed by atoms with Gasteiger partial charge in [0.15, 0.2) is 0 Å². The summed E-state index contributed by atoms with van der Waals surface area (Å²) in [7, 11) is 0. The lowest BCUT2D eigenvalue weighted by molar-refractivity contribution is -0.120. The maximum absolute atomic E-state index is 12.8. The van der Waals surface area contributed by atoms with Gasteiger partial charge in [-0.15, -0.1) is 0 Å². The number of hydrogen-bond donors (Lipinski definition) is 2. The number of rotatable bonds is 7. The Kier molecular flexibility index (Phi) is 6.31. The van der Waals surface area contributed by atoms with Crippen molar-refractivity contribution in [2.75, 3.05) is 19.7 Å². The molecule has 126 valence electrons. The lowest BCUT2D eigenvalue weighted by Crippen LogP contribution is -2.38. The fraction of sp³-hybridized carbons (Fsp3) is 0.222. The molecule has 0 saturated carbocycles. The number of benzene rings is 2. The van der Waals surface area contributed by atoms with Crippen molar-refractivity contribution in [1.82, 2.24) is 10.6 Å². The van der Waals surface area contributed by atoms with Gasteiger partial charge in [0.2, 0.25) is 5.91 Å². The highest BCUT2D eigenvalue weighted by atomic mass is 19.1. The van der Waals surface area contributed by atoms with Gasteiger partial charge in [-0.25, -0.2) is 4.39 Å². The summed E-state index contributed by atoms with van der Waals surface area (Å²) in [4.78, 5) is 23.4. The molecule has 0 aliphatic rings. The molecule has 0 bridgehead atoms. The summed E-state index contributed by atoms with van der Waals surface area (Å²) >= 11 is 0. The SMILES string of the molecule is Cc1ccc(OCCNC(=O)CNC(=O)c2ccc(F)cc2)cc1. The zero-order chi connectivity index (χ0) is 17.4. The summed E-state index contributed by atoms with van der Waals surface area (Å²) in [5.41, 5.74) is 1.44. The van der Waals surface area contributed by atoms with Gasteiger partial charge in [0.25, 0.3) is 5.91 Å². The van der Waals surface area contributed by atoms with Gasteiger partial charge in [-0.3, -0.25) is 9.59 Å². The van der Waals surface area contributed by atoms with Crippen molar-refractivity contribution in [2.24, 2.45) is 0 Å². The molecule has 0 radical (unpaired) electrons. The van der Waals surface area contributed by atoms with Crippen molar-refractivity contribution in [2.45, 2.75) is 6.92 Å². The third-order valence-electron chi connectivity index (χ3n) is 3.23. The molecule has 24 heavy (non-hydrogen) atoms. The second kappa shape index (κ2) is 8.67. The highest BCUT2D eigenvalue weighted by Crippen LogP contribution is 2.10. The highest BCUT2D eigenvalue weighted by molar-refractivity contribution is 5.96. The Bertz CT molecular complexity index is 684. The largest absolute Gasteiger partial charge is 0.492 e. The quantitative estimate of drug-likeness (QED) is 0.764. The van der Waals surface area contributed by atoms with E-state index in [-0.39, 0.29) is 12.5 Å². The molecule has 0 aliphatic carbocycles. The smallest absolute Gasteiger partial charge is 0.251 e. The van der Waals surface area contributed by atoms with Crippen LogP contribution in [0.5, 0.6) is 5.75 Å². The minimum atomic E-state index is -0.430. The average molecular weight is 330 g/mol. The third kappa shape index (κ3) is 5.72. The maximum Gasteiger partial charge on any atom is 0.251 e.